The zero-order chi connectivity index (χ0) is 25.6. The van der Waals surface area contributed by atoms with E-state index in [1.165, 1.54) is 0 Å². The van der Waals surface area contributed by atoms with Crippen LogP contribution in [0.15, 0.2) is 60.9 Å². The topological polar surface area (TPSA) is 82.9 Å². The third-order valence-electron chi connectivity index (χ3n) is 7.41. The van der Waals surface area contributed by atoms with Gasteiger partial charge < -0.3 is 14.8 Å². The van der Waals surface area contributed by atoms with Crippen molar-refractivity contribution in [1.29, 1.82) is 0 Å². The molecule has 0 radical (unpaired) electrons. The number of amides is 1. The highest BCUT2D eigenvalue weighted by Gasteiger charge is 2.55. The molecule has 4 aromatic rings. The number of likely N-dealkylation sites (tertiary alicyclic amines) is 2. The van der Waals surface area contributed by atoms with Crippen molar-refractivity contribution in [3.05, 3.63) is 99.3 Å². The molecular weight excluding hydrogens is 509 g/mol. The maximum absolute atomic E-state index is 13.5. The van der Waals surface area contributed by atoms with Gasteiger partial charge in [0.2, 0.25) is 0 Å². The summed E-state index contributed by atoms with van der Waals surface area (Å²) in [5.74, 6) is 1.69. The normalized spacial score (nSPS) is 18.9. The second kappa shape index (κ2) is 9.59. The molecule has 2 aliphatic rings. The van der Waals surface area contributed by atoms with Gasteiger partial charge in [0.1, 0.15) is 11.6 Å². The van der Waals surface area contributed by atoms with Gasteiger partial charge in [0.25, 0.3) is 5.91 Å². The first kappa shape index (κ1) is 24.2. The van der Waals surface area contributed by atoms with Crippen molar-refractivity contribution in [2.24, 2.45) is 5.41 Å². The SMILES string of the molecule is CN1CC2(C1)CN(C(=O)c1cnn(Cc3ccccc3)c1)CC2c1nnc(Cc2ccc(Cl)c(Cl)c2)[nH]1. The Kier molecular flexibility index (Phi) is 6.26. The summed E-state index contributed by atoms with van der Waals surface area (Å²) in [6.45, 7) is 3.74. The molecule has 2 aromatic carbocycles. The molecule has 0 aliphatic carbocycles. The second-order valence-electron chi connectivity index (χ2n) is 10.3. The van der Waals surface area contributed by atoms with E-state index < -0.39 is 0 Å². The Morgan fingerprint density at radius 1 is 1.05 bits per heavy atom. The van der Waals surface area contributed by atoms with Gasteiger partial charge in [-0.2, -0.15) is 5.10 Å². The average molecular weight is 536 g/mol. The summed E-state index contributed by atoms with van der Waals surface area (Å²) < 4.78 is 1.81. The number of carbonyl (C=O) groups is 1. The van der Waals surface area contributed by atoms with Crippen molar-refractivity contribution in [2.75, 3.05) is 33.2 Å². The molecule has 2 aliphatic heterocycles. The molecule has 10 heteroatoms. The number of hydrogen-bond donors (Lipinski definition) is 1. The van der Waals surface area contributed by atoms with Crippen molar-refractivity contribution in [2.45, 2.75) is 18.9 Å². The third-order valence-corrected chi connectivity index (χ3v) is 8.15. The molecule has 6 rings (SSSR count). The summed E-state index contributed by atoms with van der Waals surface area (Å²) in [4.78, 5) is 21.2. The highest BCUT2D eigenvalue weighted by Crippen LogP contribution is 2.48. The quantitative estimate of drug-likeness (QED) is 0.401. The minimum atomic E-state index is -0.0369. The van der Waals surface area contributed by atoms with E-state index in [9.17, 15) is 4.79 Å². The fraction of sp³-hybridized carbons (Fsp3) is 0.333. The summed E-state index contributed by atoms with van der Waals surface area (Å²) in [6.07, 6.45) is 4.08. The van der Waals surface area contributed by atoms with Crippen molar-refractivity contribution in [3.63, 3.8) is 0 Å². The molecule has 0 saturated carbocycles. The number of nitrogens with one attached hydrogen (secondary N) is 1. The standard InChI is InChI=1S/C27H27Cl2N7O/c1-34-15-27(16-34)17-35(26(37)20-11-30-36(13-20)12-18-5-3-2-4-6-18)14-21(27)25-31-24(32-33-25)10-19-7-8-22(28)23(29)9-19/h2-9,11,13,21H,10,12,14-17H2,1H3,(H,31,32,33). The molecular formula is C27H27Cl2N7O. The van der Waals surface area contributed by atoms with Crippen molar-refractivity contribution >= 4 is 29.1 Å². The molecule has 37 heavy (non-hydrogen) atoms. The van der Waals surface area contributed by atoms with E-state index in [4.69, 9.17) is 23.2 Å². The van der Waals surface area contributed by atoms with E-state index >= 15 is 0 Å². The third kappa shape index (κ3) is 4.77. The number of benzene rings is 2. The number of aromatic amines is 1. The first-order valence-electron chi connectivity index (χ1n) is 12.3. The monoisotopic (exact) mass is 535 g/mol. The lowest BCUT2D eigenvalue weighted by atomic mass is 9.71. The van der Waals surface area contributed by atoms with E-state index in [1.54, 1.807) is 12.3 Å². The molecule has 1 atom stereocenters. The van der Waals surface area contributed by atoms with Crippen molar-refractivity contribution in [3.8, 4) is 0 Å². The molecule has 190 valence electrons. The number of aromatic nitrogens is 5. The zero-order valence-electron chi connectivity index (χ0n) is 20.4. The Balaban J connectivity index is 1.18. The molecule has 1 spiro atoms. The molecule has 1 N–H and O–H groups in total. The van der Waals surface area contributed by atoms with E-state index in [-0.39, 0.29) is 17.2 Å². The predicted molar refractivity (Wildman–Crippen MR) is 142 cm³/mol. The summed E-state index contributed by atoms with van der Waals surface area (Å²) in [7, 11) is 2.11. The minimum absolute atomic E-state index is 0.00582. The predicted octanol–water partition coefficient (Wildman–Crippen LogP) is 4.12. The van der Waals surface area contributed by atoms with Gasteiger partial charge in [0.05, 0.1) is 28.4 Å². The number of H-pyrrole nitrogens is 1. The van der Waals surface area contributed by atoms with Gasteiger partial charge in [0.15, 0.2) is 0 Å². The molecule has 8 nitrogen and oxygen atoms in total. The number of rotatable bonds is 6. The fourth-order valence-corrected chi connectivity index (χ4v) is 6.07. The molecule has 4 heterocycles. The van der Waals surface area contributed by atoms with Crippen LogP contribution in [0.25, 0.3) is 0 Å². The Hall–Kier alpha value is -3.20. The number of carbonyl (C=O) groups excluding carboxylic acids is 1. The summed E-state index contributed by atoms with van der Waals surface area (Å²) in [6, 6.07) is 15.7. The van der Waals surface area contributed by atoms with Gasteiger partial charge >= 0.3 is 0 Å². The smallest absolute Gasteiger partial charge is 0.257 e. The number of halogens is 2. The molecule has 1 amide bonds. The van der Waals surface area contributed by atoms with Gasteiger partial charge in [-0.3, -0.25) is 9.48 Å². The lowest BCUT2D eigenvalue weighted by molar-refractivity contribution is 0.0162. The highest BCUT2D eigenvalue weighted by atomic mass is 35.5. The summed E-state index contributed by atoms with van der Waals surface area (Å²) in [5.41, 5.74) is 2.72. The van der Waals surface area contributed by atoms with E-state index in [1.807, 2.05) is 46.1 Å². The zero-order valence-corrected chi connectivity index (χ0v) is 22.0. The average Bonchev–Trinajstić information content (AvgIpc) is 3.61. The van der Waals surface area contributed by atoms with Crippen LogP contribution in [0.2, 0.25) is 10.0 Å². The largest absolute Gasteiger partial charge is 0.337 e. The summed E-state index contributed by atoms with van der Waals surface area (Å²) >= 11 is 12.2. The fourth-order valence-electron chi connectivity index (χ4n) is 5.75. The van der Waals surface area contributed by atoms with Crippen LogP contribution in [0, 0.1) is 5.41 Å². The van der Waals surface area contributed by atoms with Crippen LogP contribution in [-0.2, 0) is 13.0 Å². The van der Waals surface area contributed by atoms with Crippen LogP contribution < -0.4 is 0 Å². The van der Waals surface area contributed by atoms with Crippen LogP contribution in [0.1, 0.15) is 39.1 Å². The second-order valence-corrected chi connectivity index (χ2v) is 11.1. The van der Waals surface area contributed by atoms with Crippen LogP contribution in [0.5, 0.6) is 0 Å². The van der Waals surface area contributed by atoms with E-state index in [2.05, 4.69) is 44.4 Å². The Morgan fingerprint density at radius 2 is 1.86 bits per heavy atom. The van der Waals surface area contributed by atoms with Crippen molar-refractivity contribution in [1.82, 2.24) is 34.8 Å². The van der Waals surface area contributed by atoms with Gasteiger partial charge in [-0.15, -0.1) is 10.2 Å². The van der Waals surface area contributed by atoms with Crippen LogP contribution in [-0.4, -0.2) is 73.9 Å². The van der Waals surface area contributed by atoms with Crippen molar-refractivity contribution < 1.29 is 4.79 Å². The molecule has 2 saturated heterocycles. The summed E-state index contributed by atoms with van der Waals surface area (Å²) in [5, 5.41) is 14.4. The maximum Gasteiger partial charge on any atom is 0.257 e. The Labute approximate surface area is 225 Å². The van der Waals surface area contributed by atoms with Crippen LogP contribution in [0.3, 0.4) is 0 Å². The first-order chi connectivity index (χ1) is 17.9. The molecule has 2 fully saturated rings. The van der Waals surface area contributed by atoms with Gasteiger partial charge in [-0.1, -0.05) is 59.6 Å². The number of nitrogens with zero attached hydrogens (tertiary/aromatic N) is 6. The molecule has 2 aromatic heterocycles. The molecule has 0 bridgehead atoms. The van der Waals surface area contributed by atoms with Gasteiger partial charge in [-0.25, -0.2) is 0 Å². The Morgan fingerprint density at radius 3 is 2.62 bits per heavy atom. The van der Waals surface area contributed by atoms with E-state index in [0.717, 1.165) is 35.9 Å². The van der Waals surface area contributed by atoms with E-state index in [0.29, 0.717) is 41.7 Å². The lowest BCUT2D eigenvalue weighted by Gasteiger charge is -2.48. The highest BCUT2D eigenvalue weighted by molar-refractivity contribution is 6.42. The molecule has 1 unspecified atom stereocenters. The van der Waals surface area contributed by atoms with Crippen LogP contribution in [0.4, 0.5) is 0 Å². The number of hydrogen-bond acceptors (Lipinski definition) is 5. The van der Waals surface area contributed by atoms with Crippen LogP contribution >= 0.6 is 23.2 Å². The van der Waals surface area contributed by atoms with Gasteiger partial charge in [0, 0.05) is 50.1 Å². The Bertz CT molecular complexity index is 1430. The first-order valence-corrected chi connectivity index (χ1v) is 13.0. The lowest BCUT2D eigenvalue weighted by Crippen LogP contribution is -2.58. The van der Waals surface area contributed by atoms with Gasteiger partial charge in [-0.05, 0) is 30.3 Å². The minimum Gasteiger partial charge on any atom is -0.337 e. The maximum atomic E-state index is 13.5.